The number of carbonyl (C=O) groups is 2. The Kier molecular flexibility index (Phi) is 6.76. The van der Waals surface area contributed by atoms with Gasteiger partial charge in [-0.25, -0.2) is 0 Å². The van der Waals surface area contributed by atoms with Crippen LogP contribution in [0.15, 0.2) is 0 Å². The van der Waals surface area contributed by atoms with Crippen LogP contribution in [-0.4, -0.2) is 60.9 Å². The Morgan fingerprint density at radius 2 is 1.65 bits per heavy atom. The van der Waals surface area contributed by atoms with E-state index in [-0.39, 0.29) is 30.1 Å². The standard InChI is InChI=1S/C14H25N3O2.ClH/c1-11(2)14(19)17-7-5-16(6-8-17)13(18)10-15-9-12-3-4-12;/h11-12,15H,3-10H2,1-2H3;1H. The van der Waals surface area contributed by atoms with Crippen LogP contribution in [0.2, 0.25) is 0 Å². The summed E-state index contributed by atoms with van der Waals surface area (Å²) in [6.07, 6.45) is 2.61. The summed E-state index contributed by atoms with van der Waals surface area (Å²) < 4.78 is 0. The van der Waals surface area contributed by atoms with Crippen molar-refractivity contribution in [2.75, 3.05) is 39.3 Å². The zero-order valence-electron chi connectivity index (χ0n) is 12.4. The van der Waals surface area contributed by atoms with Crippen molar-refractivity contribution in [2.24, 2.45) is 11.8 Å². The molecule has 2 aliphatic rings. The summed E-state index contributed by atoms with van der Waals surface area (Å²) in [7, 11) is 0. The maximum atomic E-state index is 12.0. The summed E-state index contributed by atoms with van der Waals surface area (Å²) in [5.74, 6) is 1.20. The number of hydrogen-bond donors (Lipinski definition) is 1. The van der Waals surface area contributed by atoms with E-state index in [0.717, 1.165) is 12.5 Å². The number of piperazine rings is 1. The second-order valence-electron chi connectivity index (χ2n) is 5.94. The van der Waals surface area contributed by atoms with Crippen LogP contribution >= 0.6 is 12.4 Å². The van der Waals surface area contributed by atoms with E-state index >= 15 is 0 Å². The average molecular weight is 304 g/mol. The van der Waals surface area contributed by atoms with E-state index in [4.69, 9.17) is 0 Å². The lowest BCUT2D eigenvalue weighted by Crippen LogP contribution is -2.53. The molecule has 0 aromatic carbocycles. The number of nitrogens with zero attached hydrogens (tertiary/aromatic N) is 2. The van der Waals surface area contributed by atoms with Gasteiger partial charge in [0.1, 0.15) is 0 Å². The molecule has 0 bridgehead atoms. The topological polar surface area (TPSA) is 52.7 Å². The maximum absolute atomic E-state index is 12.0. The third-order valence-corrected chi connectivity index (χ3v) is 3.84. The van der Waals surface area contributed by atoms with E-state index in [2.05, 4.69) is 5.32 Å². The first-order chi connectivity index (χ1) is 9.08. The van der Waals surface area contributed by atoms with Crippen molar-refractivity contribution in [1.29, 1.82) is 0 Å². The fraction of sp³-hybridized carbons (Fsp3) is 0.857. The molecule has 1 saturated heterocycles. The molecule has 6 heteroatoms. The summed E-state index contributed by atoms with van der Waals surface area (Å²) in [5, 5.41) is 3.22. The average Bonchev–Trinajstić information content (AvgIpc) is 3.22. The molecule has 0 aromatic heterocycles. The molecule has 116 valence electrons. The molecule has 0 aromatic rings. The number of nitrogens with one attached hydrogen (secondary N) is 1. The van der Waals surface area contributed by atoms with Crippen LogP contribution in [-0.2, 0) is 9.59 Å². The minimum Gasteiger partial charge on any atom is -0.339 e. The first-order valence-corrected chi connectivity index (χ1v) is 7.35. The molecule has 1 saturated carbocycles. The van der Waals surface area contributed by atoms with Crippen molar-refractivity contribution in [3.05, 3.63) is 0 Å². The van der Waals surface area contributed by atoms with Crippen molar-refractivity contribution in [1.82, 2.24) is 15.1 Å². The lowest BCUT2D eigenvalue weighted by Gasteiger charge is -2.35. The van der Waals surface area contributed by atoms with Gasteiger partial charge in [-0.1, -0.05) is 13.8 Å². The van der Waals surface area contributed by atoms with E-state index < -0.39 is 0 Å². The number of amides is 2. The Hall–Kier alpha value is -0.810. The Labute approximate surface area is 127 Å². The van der Waals surface area contributed by atoms with Gasteiger partial charge in [0, 0.05) is 32.1 Å². The predicted octanol–water partition coefficient (Wildman–Crippen LogP) is 0.735. The van der Waals surface area contributed by atoms with Gasteiger partial charge in [0.25, 0.3) is 0 Å². The fourth-order valence-electron chi connectivity index (χ4n) is 2.36. The highest BCUT2D eigenvalue weighted by Crippen LogP contribution is 2.27. The van der Waals surface area contributed by atoms with Crippen LogP contribution < -0.4 is 5.32 Å². The van der Waals surface area contributed by atoms with Gasteiger partial charge < -0.3 is 15.1 Å². The quantitative estimate of drug-likeness (QED) is 0.815. The molecule has 2 fully saturated rings. The molecular weight excluding hydrogens is 278 g/mol. The molecule has 2 rings (SSSR count). The van der Waals surface area contributed by atoms with E-state index in [1.807, 2.05) is 23.6 Å². The van der Waals surface area contributed by atoms with Gasteiger partial charge in [-0.3, -0.25) is 9.59 Å². The van der Waals surface area contributed by atoms with Gasteiger partial charge in [0.2, 0.25) is 11.8 Å². The van der Waals surface area contributed by atoms with Crippen molar-refractivity contribution in [3.63, 3.8) is 0 Å². The zero-order valence-corrected chi connectivity index (χ0v) is 13.2. The lowest BCUT2D eigenvalue weighted by molar-refractivity contribution is -0.141. The van der Waals surface area contributed by atoms with Crippen LogP contribution in [0.1, 0.15) is 26.7 Å². The van der Waals surface area contributed by atoms with E-state index in [1.54, 1.807) is 0 Å². The molecule has 20 heavy (non-hydrogen) atoms. The van der Waals surface area contributed by atoms with Gasteiger partial charge in [0.15, 0.2) is 0 Å². The first-order valence-electron chi connectivity index (χ1n) is 7.35. The van der Waals surface area contributed by atoms with Crippen LogP contribution in [0, 0.1) is 11.8 Å². The maximum Gasteiger partial charge on any atom is 0.236 e. The Bertz CT molecular complexity index is 337. The number of carbonyl (C=O) groups excluding carboxylic acids is 2. The fourth-order valence-corrected chi connectivity index (χ4v) is 2.36. The van der Waals surface area contributed by atoms with Gasteiger partial charge in [-0.2, -0.15) is 0 Å². The smallest absolute Gasteiger partial charge is 0.236 e. The highest BCUT2D eigenvalue weighted by atomic mass is 35.5. The monoisotopic (exact) mass is 303 g/mol. The molecule has 1 heterocycles. The zero-order chi connectivity index (χ0) is 13.8. The van der Waals surface area contributed by atoms with E-state index in [9.17, 15) is 9.59 Å². The van der Waals surface area contributed by atoms with Gasteiger partial charge in [-0.15, -0.1) is 12.4 Å². The number of rotatable bonds is 5. The second kappa shape index (κ2) is 7.84. The van der Waals surface area contributed by atoms with Crippen molar-refractivity contribution < 1.29 is 9.59 Å². The molecule has 0 spiro atoms. The van der Waals surface area contributed by atoms with E-state index in [0.29, 0.717) is 32.7 Å². The molecule has 1 N–H and O–H groups in total. The van der Waals surface area contributed by atoms with Crippen LogP contribution in [0.3, 0.4) is 0 Å². The number of halogens is 1. The number of hydrogen-bond acceptors (Lipinski definition) is 3. The Morgan fingerprint density at radius 3 is 2.15 bits per heavy atom. The van der Waals surface area contributed by atoms with Gasteiger partial charge >= 0.3 is 0 Å². The minimum atomic E-state index is 0. The van der Waals surface area contributed by atoms with E-state index in [1.165, 1.54) is 12.8 Å². The van der Waals surface area contributed by atoms with Crippen molar-refractivity contribution in [3.8, 4) is 0 Å². The molecule has 2 amide bonds. The molecule has 0 radical (unpaired) electrons. The second-order valence-corrected chi connectivity index (χ2v) is 5.94. The highest BCUT2D eigenvalue weighted by Gasteiger charge is 2.25. The third kappa shape index (κ3) is 4.94. The van der Waals surface area contributed by atoms with Crippen molar-refractivity contribution in [2.45, 2.75) is 26.7 Å². The molecule has 0 unspecified atom stereocenters. The molecule has 1 aliphatic carbocycles. The summed E-state index contributed by atoms with van der Waals surface area (Å²) >= 11 is 0. The summed E-state index contributed by atoms with van der Waals surface area (Å²) in [6, 6.07) is 0. The third-order valence-electron chi connectivity index (χ3n) is 3.84. The van der Waals surface area contributed by atoms with Crippen LogP contribution in [0.4, 0.5) is 0 Å². The Balaban J connectivity index is 0.00000200. The van der Waals surface area contributed by atoms with Crippen LogP contribution in [0.5, 0.6) is 0 Å². The largest absolute Gasteiger partial charge is 0.339 e. The van der Waals surface area contributed by atoms with Crippen LogP contribution in [0.25, 0.3) is 0 Å². The van der Waals surface area contributed by atoms with Crippen molar-refractivity contribution >= 4 is 24.2 Å². The molecular formula is C14H26ClN3O2. The van der Waals surface area contributed by atoms with Gasteiger partial charge in [0.05, 0.1) is 6.54 Å². The lowest BCUT2D eigenvalue weighted by atomic mass is 10.1. The summed E-state index contributed by atoms with van der Waals surface area (Å²) in [5.41, 5.74) is 0. The summed E-state index contributed by atoms with van der Waals surface area (Å²) in [6.45, 7) is 7.93. The SMILES string of the molecule is CC(C)C(=O)N1CCN(C(=O)CNCC2CC2)CC1.Cl. The predicted molar refractivity (Wildman–Crippen MR) is 80.8 cm³/mol. The first kappa shape index (κ1) is 17.2. The minimum absolute atomic E-state index is 0. The normalized spacial score (nSPS) is 18.9. The molecule has 1 aliphatic heterocycles. The van der Waals surface area contributed by atoms with Gasteiger partial charge in [-0.05, 0) is 25.3 Å². The Morgan fingerprint density at radius 1 is 1.10 bits per heavy atom. The highest BCUT2D eigenvalue weighted by molar-refractivity contribution is 5.85. The summed E-state index contributed by atoms with van der Waals surface area (Å²) in [4.78, 5) is 27.5. The molecule has 5 nitrogen and oxygen atoms in total. The molecule has 0 atom stereocenters.